The molecule has 106 valence electrons. The van der Waals surface area contributed by atoms with Crippen LogP contribution in [0, 0.1) is 0 Å². The summed E-state index contributed by atoms with van der Waals surface area (Å²) in [6.45, 7) is 0. The number of benzene rings is 2. The standard InChI is InChI=1S/C19H15N3/c1-22-18-8-7-16(14-9-11-20-12-10-14)13-17(18)19(21-22)15-5-3-2-4-6-15/h2-13H,1H3. The third-order valence-electron chi connectivity index (χ3n) is 3.91. The molecular weight excluding hydrogens is 270 g/mol. The van der Waals surface area contributed by atoms with Crippen LogP contribution in [0.4, 0.5) is 0 Å². The van der Waals surface area contributed by atoms with Crippen molar-refractivity contribution in [3.8, 4) is 22.4 Å². The minimum absolute atomic E-state index is 1.02. The van der Waals surface area contributed by atoms with E-state index < -0.39 is 0 Å². The van der Waals surface area contributed by atoms with Crippen molar-refractivity contribution in [1.29, 1.82) is 0 Å². The van der Waals surface area contributed by atoms with Crippen LogP contribution in [0.25, 0.3) is 33.3 Å². The van der Waals surface area contributed by atoms with E-state index in [2.05, 4.69) is 35.3 Å². The van der Waals surface area contributed by atoms with Gasteiger partial charge in [-0.05, 0) is 35.4 Å². The molecule has 0 atom stereocenters. The predicted molar refractivity (Wildman–Crippen MR) is 89.4 cm³/mol. The van der Waals surface area contributed by atoms with Crippen LogP contribution in [0.3, 0.4) is 0 Å². The predicted octanol–water partition coefficient (Wildman–Crippen LogP) is 4.30. The van der Waals surface area contributed by atoms with Crippen LogP contribution in [0.15, 0.2) is 73.1 Å². The monoisotopic (exact) mass is 285 g/mol. The second-order valence-electron chi connectivity index (χ2n) is 5.31. The molecule has 0 saturated heterocycles. The van der Waals surface area contributed by atoms with E-state index in [9.17, 15) is 0 Å². The lowest BCUT2D eigenvalue weighted by atomic mass is 10.0. The van der Waals surface area contributed by atoms with Crippen LogP contribution in [0.5, 0.6) is 0 Å². The number of fused-ring (bicyclic) bond motifs is 1. The zero-order chi connectivity index (χ0) is 14.9. The molecule has 22 heavy (non-hydrogen) atoms. The SMILES string of the molecule is Cn1nc(-c2ccccc2)c2cc(-c3ccncc3)ccc21. The molecule has 0 fully saturated rings. The third kappa shape index (κ3) is 2.07. The molecule has 0 aliphatic heterocycles. The molecule has 2 heterocycles. The summed E-state index contributed by atoms with van der Waals surface area (Å²) in [5, 5.41) is 5.87. The number of nitrogens with zero attached hydrogens (tertiary/aromatic N) is 3. The van der Waals surface area contributed by atoms with Crippen molar-refractivity contribution >= 4 is 10.9 Å². The molecule has 0 unspecified atom stereocenters. The highest BCUT2D eigenvalue weighted by Crippen LogP contribution is 2.31. The molecule has 2 aromatic carbocycles. The highest BCUT2D eigenvalue weighted by molar-refractivity contribution is 5.96. The smallest absolute Gasteiger partial charge is 0.100 e. The first-order chi connectivity index (χ1) is 10.8. The number of hydrogen-bond acceptors (Lipinski definition) is 2. The molecule has 0 N–H and O–H groups in total. The molecule has 4 aromatic rings. The van der Waals surface area contributed by atoms with Crippen LogP contribution >= 0.6 is 0 Å². The highest BCUT2D eigenvalue weighted by Gasteiger charge is 2.11. The number of rotatable bonds is 2. The summed E-state index contributed by atoms with van der Waals surface area (Å²) in [7, 11) is 1.99. The zero-order valence-electron chi connectivity index (χ0n) is 12.3. The van der Waals surface area contributed by atoms with Gasteiger partial charge in [0.2, 0.25) is 0 Å². The van der Waals surface area contributed by atoms with E-state index >= 15 is 0 Å². The van der Waals surface area contributed by atoms with Crippen molar-refractivity contribution in [2.75, 3.05) is 0 Å². The Morgan fingerprint density at radius 2 is 1.55 bits per heavy atom. The maximum Gasteiger partial charge on any atom is 0.100 e. The van der Waals surface area contributed by atoms with Crippen LogP contribution in [-0.4, -0.2) is 14.8 Å². The summed E-state index contributed by atoms with van der Waals surface area (Å²) in [4.78, 5) is 4.09. The molecule has 0 amide bonds. The molecule has 0 aliphatic rings. The maximum absolute atomic E-state index is 4.70. The Balaban J connectivity index is 1.96. The molecule has 3 nitrogen and oxygen atoms in total. The van der Waals surface area contributed by atoms with Gasteiger partial charge in [0.15, 0.2) is 0 Å². The lowest BCUT2D eigenvalue weighted by molar-refractivity contribution is 0.800. The number of aromatic nitrogens is 3. The van der Waals surface area contributed by atoms with E-state index in [-0.39, 0.29) is 0 Å². The van der Waals surface area contributed by atoms with Crippen molar-refractivity contribution in [2.45, 2.75) is 0 Å². The summed E-state index contributed by atoms with van der Waals surface area (Å²) in [6.07, 6.45) is 3.64. The Morgan fingerprint density at radius 1 is 0.773 bits per heavy atom. The quantitative estimate of drug-likeness (QED) is 0.549. The van der Waals surface area contributed by atoms with Crippen molar-refractivity contribution in [3.05, 3.63) is 73.1 Å². The number of pyridine rings is 1. The second-order valence-corrected chi connectivity index (χ2v) is 5.31. The lowest BCUT2D eigenvalue weighted by Gasteiger charge is -2.03. The summed E-state index contributed by atoms with van der Waals surface area (Å²) in [6, 6.07) is 20.8. The van der Waals surface area contributed by atoms with Gasteiger partial charge in [0.1, 0.15) is 5.69 Å². The third-order valence-corrected chi connectivity index (χ3v) is 3.91. The van der Waals surface area contributed by atoms with Crippen molar-refractivity contribution < 1.29 is 0 Å². The Hall–Kier alpha value is -2.94. The Kier molecular flexibility index (Phi) is 2.97. The van der Waals surface area contributed by atoms with Crippen LogP contribution < -0.4 is 0 Å². The molecule has 0 bridgehead atoms. The van der Waals surface area contributed by atoms with Gasteiger partial charge in [0.25, 0.3) is 0 Å². The van der Waals surface area contributed by atoms with E-state index in [1.165, 1.54) is 16.5 Å². The van der Waals surface area contributed by atoms with E-state index in [0.29, 0.717) is 0 Å². The van der Waals surface area contributed by atoms with Gasteiger partial charge in [-0.15, -0.1) is 0 Å². The van der Waals surface area contributed by atoms with E-state index in [0.717, 1.165) is 16.8 Å². The molecule has 0 radical (unpaired) electrons. The van der Waals surface area contributed by atoms with Crippen molar-refractivity contribution in [3.63, 3.8) is 0 Å². The maximum atomic E-state index is 4.70. The normalized spacial score (nSPS) is 11.0. The van der Waals surface area contributed by atoms with Crippen LogP contribution in [0.2, 0.25) is 0 Å². The summed E-state index contributed by atoms with van der Waals surface area (Å²) < 4.78 is 1.94. The zero-order valence-corrected chi connectivity index (χ0v) is 12.3. The number of aryl methyl sites for hydroxylation is 1. The van der Waals surface area contributed by atoms with Gasteiger partial charge in [-0.2, -0.15) is 5.10 Å². The van der Waals surface area contributed by atoms with E-state index in [1.54, 1.807) is 0 Å². The lowest BCUT2D eigenvalue weighted by Crippen LogP contribution is -1.89. The van der Waals surface area contributed by atoms with Crippen LogP contribution in [0.1, 0.15) is 0 Å². The van der Waals surface area contributed by atoms with Gasteiger partial charge in [-0.3, -0.25) is 9.67 Å². The molecule has 0 spiro atoms. The Morgan fingerprint density at radius 3 is 2.32 bits per heavy atom. The largest absolute Gasteiger partial charge is 0.267 e. The number of hydrogen-bond donors (Lipinski definition) is 0. The fraction of sp³-hybridized carbons (Fsp3) is 0.0526. The summed E-state index contributed by atoms with van der Waals surface area (Å²) in [5.74, 6) is 0. The van der Waals surface area contributed by atoms with Gasteiger partial charge in [-0.25, -0.2) is 0 Å². The Labute approximate surface area is 128 Å². The minimum Gasteiger partial charge on any atom is -0.267 e. The molecule has 4 rings (SSSR count). The molecule has 0 aliphatic carbocycles. The summed E-state index contributed by atoms with van der Waals surface area (Å²) in [5.41, 5.74) is 5.64. The average molecular weight is 285 g/mol. The van der Waals surface area contributed by atoms with Gasteiger partial charge in [0, 0.05) is 30.4 Å². The summed E-state index contributed by atoms with van der Waals surface area (Å²) >= 11 is 0. The molecule has 2 aromatic heterocycles. The van der Waals surface area contributed by atoms with E-state index in [4.69, 9.17) is 5.10 Å². The van der Waals surface area contributed by atoms with E-state index in [1.807, 2.05) is 54.5 Å². The topological polar surface area (TPSA) is 30.7 Å². The van der Waals surface area contributed by atoms with Gasteiger partial charge in [0.05, 0.1) is 5.52 Å². The molecule has 3 heteroatoms. The fourth-order valence-electron chi connectivity index (χ4n) is 2.80. The van der Waals surface area contributed by atoms with Crippen molar-refractivity contribution in [2.24, 2.45) is 7.05 Å². The van der Waals surface area contributed by atoms with Gasteiger partial charge >= 0.3 is 0 Å². The first-order valence-electron chi connectivity index (χ1n) is 7.25. The molecular formula is C19H15N3. The first-order valence-corrected chi connectivity index (χ1v) is 7.25. The van der Waals surface area contributed by atoms with Gasteiger partial charge in [-0.1, -0.05) is 36.4 Å². The Bertz CT molecular complexity index is 925. The van der Waals surface area contributed by atoms with Crippen molar-refractivity contribution in [1.82, 2.24) is 14.8 Å². The first kappa shape index (κ1) is 12.8. The fourth-order valence-corrected chi connectivity index (χ4v) is 2.80. The average Bonchev–Trinajstić information content (AvgIpc) is 2.93. The minimum atomic E-state index is 1.02. The van der Waals surface area contributed by atoms with Crippen LogP contribution in [-0.2, 0) is 7.05 Å². The second kappa shape index (κ2) is 5.11. The molecule has 0 saturated carbocycles. The highest BCUT2D eigenvalue weighted by atomic mass is 15.3. The van der Waals surface area contributed by atoms with Gasteiger partial charge < -0.3 is 0 Å².